The molecule has 0 aliphatic heterocycles. The number of carbonyl (C=O) groups excluding carboxylic acids is 2. The van der Waals surface area contributed by atoms with E-state index in [0.29, 0.717) is 19.3 Å². The highest BCUT2D eigenvalue weighted by Gasteiger charge is 2.27. The first-order valence-corrected chi connectivity index (χ1v) is 21.2. The third-order valence-corrected chi connectivity index (χ3v) is 9.02. The third-order valence-electron chi connectivity index (χ3n) is 8.07. The van der Waals surface area contributed by atoms with Crippen LogP contribution in [0, 0.1) is 0 Å². The molecule has 0 saturated heterocycles. The molecule has 0 aliphatic carbocycles. The fourth-order valence-corrected chi connectivity index (χ4v) is 5.78. The van der Waals surface area contributed by atoms with Gasteiger partial charge in [-0.2, -0.15) is 0 Å². The van der Waals surface area contributed by atoms with Crippen molar-refractivity contribution in [3.63, 3.8) is 0 Å². The third kappa shape index (κ3) is 34.9. The zero-order valence-corrected chi connectivity index (χ0v) is 33.0. The summed E-state index contributed by atoms with van der Waals surface area (Å²) in [6.07, 6.45) is 32.4. The predicted molar refractivity (Wildman–Crippen MR) is 207 cm³/mol. The van der Waals surface area contributed by atoms with E-state index in [-0.39, 0.29) is 19.4 Å². The zero-order chi connectivity index (χ0) is 38.5. The number of unbranched alkanes of at least 4 members (excludes halogenated alkanes) is 13. The molecule has 4 atom stereocenters. The minimum atomic E-state index is -4.64. The van der Waals surface area contributed by atoms with Gasteiger partial charge in [-0.05, 0) is 57.8 Å². The molecule has 0 amide bonds. The monoisotopic (exact) mass is 758 g/mol. The molecule has 302 valence electrons. The van der Waals surface area contributed by atoms with Crippen LogP contribution in [-0.2, 0) is 32.7 Å². The average molecular weight is 759 g/mol. The van der Waals surface area contributed by atoms with E-state index in [9.17, 15) is 29.3 Å². The number of phosphoric acid groups is 1. The molecule has 0 spiro atoms. The molecule has 0 bridgehead atoms. The van der Waals surface area contributed by atoms with Crippen molar-refractivity contribution in [2.24, 2.45) is 0 Å². The quantitative estimate of drug-likeness (QED) is 0.0158. The topological polar surface area (TPSA) is 169 Å². The van der Waals surface area contributed by atoms with Gasteiger partial charge >= 0.3 is 19.8 Å². The van der Waals surface area contributed by atoms with Crippen molar-refractivity contribution < 1.29 is 52.9 Å². The molecular formula is C40H71O11P. The van der Waals surface area contributed by atoms with Crippen LogP contribution in [0.1, 0.15) is 149 Å². The van der Waals surface area contributed by atoms with Gasteiger partial charge < -0.3 is 29.7 Å². The predicted octanol–water partition coefficient (Wildman–Crippen LogP) is 8.75. The molecule has 0 aromatic rings. The van der Waals surface area contributed by atoms with Crippen LogP contribution in [-0.4, -0.2) is 76.9 Å². The molecule has 0 heterocycles. The van der Waals surface area contributed by atoms with Crippen LogP contribution in [0.25, 0.3) is 0 Å². The number of allylic oxidation sites excluding steroid dienone is 7. The maximum Gasteiger partial charge on any atom is 0.472 e. The molecule has 0 aromatic heterocycles. The second kappa shape index (κ2) is 35.9. The molecular weight excluding hydrogens is 687 g/mol. The van der Waals surface area contributed by atoms with E-state index in [1.54, 1.807) is 6.08 Å². The first kappa shape index (κ1) is 49.9. The van der Waals surface area contributed by atoms with Gasteiger partial charge in [-0.25, -0.2) is 4.57 Å². The van der Waals surface area contributed by atoms with Crippen LogP contribution in [0.5, 0.6) is 0 Å². The molecule has 12 heteroatoms. The van der Waals surface area contributed by atoms with E-state index >= 15 is 0 Å². The van der Waals surface area contributed by atoms with E-state index in [2.05, 4.69) is 42.7 Å². The molecule has 52 heavy (non-hydrogen) atoms. The number of rotatable bonds is 36. The summed E-state index contributed by atoms with van der Waals surface area (Å²) >= 11 is 0. The van der Waals surface area contributed by atoms with Crippen LogP contribution in [0.3, 0.4) is 0 Å². The van der Waals surface area contributed by atoms with Crippen molar-refractivity contribution in [1.29, 1.82) is 0 Å². The zero-order valence-electron chi connectivity index (χ0n) is 32.1. The lowest BCUT2D eigenvalue weighted by Crippen LogP contribution is -2.29. The Kier molecular flexibility index (Phi) is 34.4. The van der Waals surface area contributed by atoms with Gasteiger partial charge in [0.15, 0.2) is 6.10 Å². The fraction of sp³-hybridized carbons (Fsp3) is 0.750. The summed E-state index contributed by atoms with van der Waals surface area (Å²) < 4.78 is 32.5. The summed E-state index contributed by atoms with van der Waals surface area (Å²) in [5.41, 5.74) is 0. The number of carbonyl (C=O) groups is 2. The van der Waals surface area contributed by atoms with Gasteiger partial charge in [0.1, 0.15) is 12.7 Å². The fourth-order valence-electron chi connectivity index (χ4n) is 4.99. The first-order chi connectivity index (χ1) is 25.1. The number of esters is 2. The van der Waals surface area contributed by atoms with Crippen LogP contribution >= 0.6 is 7.82 Å². The summed E-state index contributed by atoms with van der Waals surface area (Å²) in [7, 11) is -4.64. The van der Waals surface area contributed by atoms with Crippen molar-refractivity contribution in [1.82, 2.24) is 0 Å². The second-order valence-electron chi connectivity index (χ2n) is 13.1. The van der Waals surface area contributed by atoms with E-state index in [0.717, 1.165) is 77.0 Å². The lowest BCUT2D eigenvalue weighted by Gasteiger charge is -2.20. The van der Waals surface area contributed by atoms with Gasteiger partial charge in [0.05, 0.1) is 25.9 Å². The average Bonchev–Trinajstić information content (AvgIpc) is 3.12. The highest BCUT2D eigenvalue weighted by atomic mass is 31.2. The molecule has 0 fully saturated rings. The van der Waals surface area contributed by atoms with Crippen molar-refractivity contribution in [3.05, 3.63) is 48.6 Å². The van der Waals surface area contributed by atoms with Gasteiger partial charge in [0, 0.05) is 12.8 Å². The van der Waals surface area contributed by atoms with Crippen LogP contribution in [0.4, 0.5) is 0 Å². The number of hydrogen-bond donors (Lipinski definition) is 4. The van der Waals surface area contributed by atoms with Gasteiger partial charge in [-0.15, -0.1) is 0 Å². The Morgan fingerprint density at radius 1 is 0.673 bits per heavy atom. The maximum atomic E-state index is 12.6. The molecule has 0 saturated carbocycles. The smallest absolute Gasteiger partial charge is 0.462 e. The molecule has 4 N–H and O–H groups in total. The highest BCUT2D eigenvalue weighted by Crippen LogP contribution is 2.43. The number of aliphatic hydroxyl groups excluding tert-OH is 3. The molecule has 0 aliphatic rings. The summed E-state index contributed by atoms with van der Waals surface area (Å²) in [6.45, 7) is 2.09. The molecule has 0 aromatic carbocycles. The second-order valence-corrected chi connectivity index (χ2v) is 14.6. The molecule has 2 unspecified atom stereocenters. The van der Waals surface area contributed by atoms with Crippen LogP contribution in [0.2, 0.25) is 0 Å². The van der Waals surface area contributed by atoms with E-state index in [4.69, 9.17) is 19.1 Å². The maximum absolute atomic E-state index is 12.6. The van der Waals surface area contributed by atoms with Crippen molar-refractivity contribution in [3.8, 4) is 0 Å². The minimum absolute atomic E-state index is 0.152. The summed E-state index contributed by atoms with van der Waals surface area (Å²) in [5, 5.41) is 28.4. The number of ether oxygens (including phenoxy) is 2. The van der Waals surface area contributed by atoms with E-state index in [1.165, 1.54) is 25.7 Å². The van der Waals surface area contributed by atoms with Crippen LogP contribution < -0.4 is 0 Å². The number of phosphoric ester groups is 1. The minimum Gasteiger partial charge on any atom is -0.462 e. The largest absolute Gasteiger partial charge is 0.472 e. The van der Waals surface area contributed by atoms with Crippen molar-refractivity contribution in [2.45, 2.75) is 167 Å². The number of aliphatic hydroxyl groups is 3. The standard InChI is InChI=1S/C40H71O11P/c1-3-5-7-9-11-12-13-14-15-16-18-22-27-31-40(45)51-38(35-50-52(46,47)49-33-37(43)32-41)34-48-39(44)30-26-23-19-21-25-29-36(42)28-24-20-17-10-8-6-4-2/h6,8,12-13,17,20,24,28,36-38,41-43H,3-5,7,9-11,14-16,18-19,21-23,25-27,29-35H2,1-2H3,(H,46,47)/b8-6+,13-12-,20-17+,28-24+/t36?,37-,38+/m0/s1. The van der Waals surface area contributed by atoms with Gasteiger partial charge in [-0.3, -0.25) is 18.6 Å². The van der Waals surface area contributed by atoms with E-state index in [1.807, 2.05) is 18.2 Å². The first-order valence-electron chi connectivity index (χ1n) is 19.7. The van der Waals surface area contributed by atoms with Crippen molar-refractivity contribution in [2.75, 3.05) is 26.4 Å². The molecule has 0 radical (unpaired) electrons. The Morgan fingerprint density at radius 2 is 1.27 bits per heavy atom. The van der Waals surface area contributed by atoms with E-state index < -0.39 is 57.9 Å². The summed E-state index contributed by atoms with van der Waals surface area (Å²) in [4.78, 5) is 34.9. The summed E-state index contributed by atoms with van der Waals surface area (Å²) in [6, 6.07) is 0. The number of hydrogen-bond acceptors (Lipinski definition) is 10. The Bertz CT molecular complexity index is 1030. The Labute approximate surface area is 314 Å². The highest BCUT2D eigenvalue weighted by molar-refractivity contribution is 7.47. The SMILES string of the molecule is CC/C=C/C/C=C/C=C/C(O)CCCCCCCC(=O)OC[C@H](COP(=O)(O)OC[C@@H](O)CO)OC(=O)CCCCCCC/C=C\CCCCCC. The molecule has 11 nitrogen and oxygen atoms in total. The van der Waals surface area contributed by atoms with Crippen LogP contribution in [0.15, 0.2) is 48.6 Å². The van der Waals surface area contributed by atoms with Gasteiger partial charge in [-0.1, -0.05) is 127 Å². The van der Waals surface area contributed by atoms with Gasteiger partial charge in [0.2, 0.25) is 0 Å². The lowest BCUT2D eigenvalue weighted by atomic mass is 10.1. The summed E-state index contributed by atoms with van der Waals surface area (Å²) in [5.74, 6) is -1.02. The van der Waals surface area contributed by atoms with Crippen molar-refractivity contribution >= 4 is 19.8 Å². The van der Waals surface area contributed by atoms with Gasteiger partial charge in [0.25, 0.3) is 0 Å². The lowest BCUT2D eigenvalue weighted by molar-refractivity contribution is -0.161. The Balaban J connectivity index is 4.46. The molecule has 0 rings (SSSR count). The Morgan fingerprint density at radius 3 is 1.92 bits per heavy atom. The normalized spacial score (nSPS) is 15.1. The Hall–Kier alpha value is -2.11.